The van der Waals surface area contributed by atoms with Crippen molar-refractivity contribution in [3.05, 3.63) is 0 Å². The van der Waals surface area contributed by atoms with Gasteiger partial charge in [0.1, 0.15) is 0 Å². The van der Waals surface area contributed by atoms with Crippen molar-refractivity contribution in [3.8, 4) is 0 Å². The molecule has 0 aromatic heterocycles. The minimum absolute atomic E-state index is 0.0532. The van der Waals surface area contributed by atoms with Gasteiger partial charge in [-0.05, 0) is 19.8 Å². The Morgan fingerprint density at radius 2 is 1.89 bits per heavy atom. The van der Waals surface area contributed by atoms with E-state index in [1.807, 2.05) is 0 Å². The van der Waals surface area contributed by atoms with Crippen molar-refractivity contribution < 1.29 is 21.6 Å². The van der Waals surface area contributed by atoms with Crippen LogP contribution < -0.4 is 10.0 Å². The fourth-order valence-electron chi connectivity index (χ4n) is 1.44. The van der Waals surface area contributed by atoms with Gasteiger partial charge in [-0.1, -0.05) is 6.92 Å². The second kappa shape index (κ2) is 7.96. The summed E-state index contributed by atoms with van der Waals surface area (Å²) in [6.45, 7) is 4.01. The highest BCUT2D eigenvalue weighted by Crippen LogP contribution is 2.22. The predicted octanol–water partition coefficient (Wildman–Crippen LogP) is 1.64. The number of alkyl halides is 3. The molecule has 0 aromatic carbocycles. The number of sulfonamides is 1. The average Bonchev–Trinajstić information content (AvgIpc) is 2.14. The lowest BCUT2D eigenvalue weighted by Gasteiger charge is -2.14. The molecule has 0 aromatic rings. The molecule has 0 amide bonds. The molecule has 8 heteroatoms. The van der Waals surface area contributed by atoms with Gasteiger partial charge >= 0.3 is 6.18 Å². The van der Waals surface area contributed by atoms with Gasteiger partial charge in [-0.25, -0.2) is 13.1 Å². The van der Waals surface area contributed by atoms with Crippen molar-refractivity contribution in [3.63, 3.8) is 0 Å². The minimum Gasteiger partial charge on any atom is -0.313 e. The standard InChI is InChI=1S/C10H21F3N2O2S/c1-3-15-18(16,17)8-7-14-9(2)5-4-6-10(11,12)13/h9,14-15H,3-8H2,1-2H3. The van der Waals surface area contributed by atoms with E-state index in [1.165, 1.54) is 0 Å². The summed E-state index contributed by atoms with van der Waals surface area (Å²) >= 11 is 0. The molecule has 0 radical (unpaired) electrons. The summed E-state index contributed by atoms with van der Waals surface area (Å²) in [4.78, 5) is 0. The Bertz CT molecular complexity index is 318. The molecule has 110 valence electrons. The molecule has 0 aliphatic heterocycles. The smallest absolute Gasteiger partial charge is 0.313 e. The molecular formula is C10H21F3N2O2S. The highest BCUT2D eigenvalue weighted by molar-refractivity contribution is 7.89. The van der Waals surface area contributed by atoms with Gasteiger partial charge < -0.3 is 5.32 Å². The quantitative estimate of drug-likeness (QED) is 0.678. The van der Waals surface area contributed by atoms with E-state index in [-0.39, 0.29) is 24.8 Å². The summed E-state index contributed by atoms with van der Waals surface area (Å²) in [6.07, 6.45) is -4.48. The summed E-state index contributed by atoms with van der Waals surface area (Å²) in [6, 6.07) is -0.121. The molecule has 0 aliphatic rings. The third-order valence-electron chi connectivity index (χ3n) is 2.33. The molecule has 2 N–H and O–H groups in total. The summed E-state index contributed by atoms with van der Waals surface area (Å²) in [7, 11) is -3.26. The first-order valence-corrected chi connectivity index (χ1v) is 7.59. The normalized spacial score (nSPS) is 14.7. The first kappa shape index (κ1) is 17.7. The first-order chi connectivity index (χ1) is 8.16. The van der Waals surface area contributed by atoms with Crippen LogP contribution in [0.15, 0.2) is 0 Å². The summed E-state index contributed by atoms with van der Waals surface area (Å²) in [5, 5.41) is 2.90. The molecule has 0 bridgehead atoms. The number of hydrogen-bond donors (Lipinski definition) is 2. The zero-order valence-electron chi connectivity index (χ0n) is 10.7. The van der Waals surface area contributed by atoms with E-state index in [0.29, 0.717) is 13.0 Å². The number of nitrogens with one attached hydrogen (secondary N) is 2. The second-order valence-electron chi connectivity index (χ2n) is 4.18. The number of hydrogen-bond acceptors (Lipinski definition) is 3. The highest BCUT2D eigenvalue weighted by atomic mass is 32.2. The van der Waals surface area contributed by atoms with Gasteiger partial charge in [0.25, 0.3) is 0 Å². The van der Waals surface area contributed by atoms with Crippen LogP contribution in [0, 0.1) is 0 Å². The Hall–Kier alpha value is -0.340. The third-order valence-corrected chi connectivity index (χ3v) is 3.80. The molecule has 0 spiro atoms. The van der Waals surface area contributed by atoms with Crippen LogP contribution in [0.2, 0.25) is 0 Å². The van der Waals surface area contributed by atoms with Gasteiger partial charge in [0.2, 0.25) is 10.0 Å². The predicted molar refractivity (Wildman–Crippen MR) is 64.8 cm³/mol. The van der Waals surface area contributed by atoms with E-state index >= 15 is 0 Å². The Morgan fingerprint density at radius 1 is 1.28 bits per heavy atom. The van der Waals surface area contributed by atoms with E-state index in [2.05, 4.69) is 10.0 Å². The maximum absolute atomic E-state index is 11.9. The second-order valence-corrected chi connectivity index (χ2v) is 6.11. The lowest BCUT2D eigenvalue weighted by molar-refractivity contribution is -0.135. The fourth-order valence-corrected chi connectivity index (χ4v) is 2.41. The molecule has 0 saturated heterocycles. The molecule has 0 rings (SSSR count). The van der Waals surface area contributed by atoms with Crippen LogP contribution in [0.1, 0.15) is 33.1 Å². The monoisotopic (exact) mass is 290 g/mol. The van der Waals surface area contributed by atoms with Crippen LogP contribution in [-0.4, -0.2) is 39.5 Å². The van der Waals surface area contributed by atoms with Crippen molar-refractivity contribution in [1.82, 2.24) is 10.0 Å². The summed E-state index contributed by atoms with van der Waals surface area (Å²) < 4.78 is 60.5. The average molecular weight is 290 g/mol. The Kier molecular flexibility index (Phi) is 7.81. The van der Waals surface area contributed by atoms with E-state index in [4.69, 9.17) is 0 Å². The maximum Gasteiger partial charge on any atom is 0.389 e. The zero-order valence-corrected chi connectivity index (χ0v) is 11.5. The van der Waals surface area contributed by atoms with Gasteiger partial charge in [0, 0.05) is 25.6 Å². The van der Waals surface area contributed by atoms with Crippen LogP contribution in [0.5, 0.6) is 0 Å². The summed E-state index contributed by atoms with van der Waals surface area (Å²) in [5.41, 5.74) is 0. The van der Waals surface area contributed by atoms with Crippen molar-refractivity contribution in [1.29, 1.82) is 0 Å². The van der Waals surface area contributed by atoms with E-state index in [9.17, 15) is 21.6 Å². The lowest BCUT2D eigenvalue weighted by atomic mass is 10.1. The highest BCUT2D eigenvalue weighted by Gasteiger charge is 2.26. The summed E-state index contributed by atoms with van der Waals surface area (Å²) in [5.74, 6) is -0.0650. The first-order valence-electron chi connectivity index (χ1n) is 5.94. The molecule has 0 heterocycles. The molecule has 0 aliphatic carbocycles. The van der Waals surface area contributed by atoms with Crippen molar-refractivity contribution in [2.75, 3.05) is 18.8 Å². The third kappa shape index (κ3) is 10.8. The van der Waals surface area contributed by atoms with Crippen LogP contribution in [-0.2, 0) is 10.0 Å². The van der Waals surface area contributed by atoms with Crippen molar-refractivity contribution >= 4 is 10.0 Å². The van der Waals surface area contributed by atoms with E-state index in [0.717, 1.165) is 0 Å². The number of rotatable bonds is 9. The van der Waals surface area contributed by atoms with Crippen LogP contribution >= 0.6 is 0 Å². The fraction of sp³-hybridized carbons (Fsp3) is 1.00. The molecular weight excluding hydrogens is 269 g/mol. The van der Waals surface area contributed by atoms with Gasteiger partial charge in [-0.15, -0.1) is 0 Å². The molecule has 1 unspecified atom stereocenters. The molecule has 1 atom stereocenters. The van der Waals surface area contributed by atoms with Gasteiger partial charge in [0.05, 0.1) is 5.75 Å². The zero-order chi connectivity index (χ0) is 14.2. The topological polar surface area (TPSA) is 58.2 Å². The maximum atomic E-state index is 11.9. The van der Waals surface area contributed by atoms with Crippen LogP contribution in [0.3, 0.4) is 0 Å². The van der Waals surface area contributed by atoms with Gasteiger partial charge in [-0.3, -0.25) is 0 Å². The lowest BCUT2D eigenvalue weighted by Crippen LogP contribution is -2.35. The molecule has 0 saturated carbocycles. The molecule has 4 nitrogen and oxygen atoms in total. The Morgan fingerprint density at radius 3 is 2.39 bits per heavy atom. The van der Waals surface area contributed by atoms with Crippen LogP contribution in [0.4, 0.5) is 13.2 Å². The Labute approximate surface area is 106 Å². The largest absolute Gasteiger partial charge is 0.389 e. The molecule has 18 heavy (non-hydrogen) atoms. The number of halogens is 3. The Balaban J connectivity index is 3.69. The van der Waals surface area contributed by atoms with Gasteiger partial charge in [0.15, 0.2) is 0 Å². The SMILES string of the molecule is CCNS(=O)(=O)CCNC(C)CCCC(F)(F)F. The van der Waals surface area contributed by atoms with Gasteiger partial charge in [-0.2, -0.15) is 13.2 Å². The van der Waals surface area contributed by atoms with Crippen LogP contribution in [0.25, 0.3) is 0 Å². The molecule has 0 fully saturated rings. The van der Waals surface area contributed by atoms with Crippen molar-refractivity contribution in [2.45, 2.75) is 45.3 Å². The van der Waals surface area contributed by atoms with E-state index < -0.39 is 22.6 Å². The van der Waals surface area contributed by atoms with Crippen molar-refractivity contribution in [2.24, 2.45) is 0 Å². The van der Waals surface area contributed by atoms with E-state index in [1.54, 1.807) is 13.8 Å². The minimum atomic E-state index is -4.12.